The zero-order valence-electron chi connectivity index (χ0n) is 16.0. The summed E-state index contributed by atoms with van der Waals surface area (Å²) in [7, 11) is -1.86. The second kappa shape index (κ2) is 7.58. The molecule has 0 saturated carbocycles. The molecule has 0 atom stereocenters. The zero-order chi connectivity index (χ0) is 18.8. The Hall–Kier alpha value is -0.853. The Kier molecular flexibility index (Phi) is 6.69. The molecule has 1 rings (SSSR count). The molecule has 0 fully saturated rings. The minimum Gasteiger partial charge on any atom is -0.444 e. The molecule has 0 spiro atoms. The number of halogens is 1. The molecule has 6 heteroatoms. The monoisotopic (exact) mass is 415 g/mol. The summed E-state index contributed by atoms with van der Waals surface area (Å²) in [5, 5.41) is 2.97. The lowest BCUT2D eigenvalue weighted by Crippen LogP contribution is -2.40. The van der Waals surface area contributed by atoms with Gasteiger partial charge in [-0.05, 0) is 51.0 Å². The van der Waals surface area contributed by atoms with Gasteiger partial charge in [0.1, 0.15) is 5.60 Å². The number of anilines is 1. The fraction of sp³-hybridized carbons (Fsp3) is 0.611. The van der Waals surface area contributed by atoms with Crippen LogP contribution in [-0.4, -0.2) is 20.0 Å². The molecule has 1 N–H and O–H groups in total. The van der Waals surface area contributed by atoms with Gasteiger partial charge in [-0.25, -0.2) is 4.79 Å². The van der Waals surface area contributed by atoms with Crippen LogP contribution in [0.2, 0.25) is 18.1 Å². The van der Waals surface area contributed by atoms with Crippen LogP contribution < -0.4 is 5.32 Å². The largest absolute Gasteiger partial charge is 0.444 e. The summed E-state index contributed by atoms with van der Waals surface area (Å²) in [5.41, 5.74) is 1.11. The van der Waals surface area contributed by atoms with E-state index in [4.69, 9.17) is 9.16 Å². The fourth-order valence-electron chi connectivity index (χ4n) is 1.68. The second-order valence-corrected chi connectivity index (χ2v) is 14.2. The molecular formula is C18H30BrNO3Si. The van der Waals surface area contributed by atoms with Crippen LogP contribution in [0.25, 0.3) is 0 Å². The Morgan fingerprint density at radius 3 is 2.25 bits per heavy atom. The Morgan fingerprint density at radius 1 is 1.17 bits per heavy atom. The fourth-order valence-corrected chi connectivity index (χ4v) is 2.99. The number of hydrogen-bond acceptors (Lipinski definition) is 3. The molecule has 0 aromatic heterocycles. The highest BCUT2D eigenvalue weighted by molar-refractivity contribution is 9.10. The summed E-state index contributed by atoms with van der Waals surface area (Å²) in [6.07, 6.45) is -0.464. The average molecular weight is 416 g/mol. The summed E-state index contributed by atoms with van der Waals surface area (Å²) in [4.78, 5) is 12.1. The van der Waals surface area contributed by atoms with Gasteiger partial charge in [0.2, 0.25) is 0 Å². The molecule has 0 aliphatic carbocycles. The van der Waals surface area contributed by atoms with Gasteiger partial charge in [0.25, 0.3) is 0 Å². The molecule has 0 radical (unpaired) electrons. The number of rotatable bonds is 4. The average Bonchev–Trinajstić information content (AvgIpc) is 2.33. The topological polar surface area (TPSA) is 47.6 Å². The van der Waals surface area contributed by atoms with Crippen LogP contribution in [0, 0.1) is 0 Å². The minimum atomic E-state index is -1.86. The van der Waals surface area contributed by atoms with Crippen molar-refractivity contribution in [2.24, 2.45) is 0 Å². The molecule has 136 valence electrons. The Morgan fingerprint density at radius 2 is 1.75 bits per heavy atom. The molecule has 24 heavy (non-hydrogen) atoms. The van der Waals surface area contributed by atoms with E-state index in [2.05, 4.69) is 55.1 Å². The van der Waals surface area contributed by atoms with Gasteiger partial charge in [-0.3, -0.25) is 5.32 Å². The van der Waals surface area contributed by atoms with E-state index in [9.17, 15) is 4.79 Å². The smallest absolute Gasteiger partial charge is 0.412 e. The zero-order valence-corrected chi connectivity index (χ0v) is 18.6. The number of carbonyl (C=O) groups is 1. The molecule has 0 heterocycles. The predicted octanol–water partition coefficient (Wildman–Crippen LogP) is 6.32. The summed E-state index contributed by atoms with van der Waals surface area (Å²) < 4.78 is 12.5. The van der Waals surface area contributed by atoms with Gasteiger partial charge >= 0.3 is 6.09 Å². The maximum absolute atomic E-state index is 12.1. The van der Waals surface area contributed by atoms with E-state index in [0.29, 0.717) is 12.3 Å². The first-order valence-corrected chi connectivity index (χ1v) is 11.8. The number of benzene rings is 1. The maximum Gasteiger partial charge on any atom is 0.412 e. The van der Waals surface area contributed by atoms with Gasteiger partial charge in [-0.2, -0.15) is 0 Å². The summed E-state index contributed by atoms with van der Waals surface area (Å²) in [6.45, 7) is 17.1. The van der Waals surface area contributed by atoms with E-state index in [0.717, 1.165) is 10.0 Å². The molecule has 0 unspecified atom stereocenters. The molecule has 0 aliphatic rings. The van der Waals surface area contributed by atoms with E-state index in [1.807, 2.05) is 39.0 Å². The third-order valence-electron chi connectivity index (χ3n) is 4.10. The lowest BCUT2D eigenvalue weighted by molar-refractivity contribution is 0.0635. The highest BCUT2D eigenvalue weighted by Gasteiger charge is 2.37. The highest BCUT2D eigenvalue weighted by atomic mass is 79.9. The van der Waals surface area contributed by atoms with E-state index in [1.54, 1.807) is 0 Å². The predicted molar refractivity (Wildman–Crippen MR) is 106 cm³/mol. The maximum atomic E-state index is 12.1. The van der Waals surface area contributed by atoms with Gasteiger partial charge in [0.05, 0.1) is 12.3 Å². The lowest BCUT2D eigenvalue weighted by Gasteiger charge is -2.36. The van der Waals surface area contributed by atoms with Crippen LogP contribution >= 0.6 is 15.9 Å². The quantitative estimate of drug-likeness (QED) is 0.585. The molecule has 1 aromatic carbocycles. The Labute approximate surface area is 155 Å². The lowest BCUT2D eigenvalue weighted by atomic mass is 10.2. The normalized spacial score (nSPS) is 12.9. The van der Waals surface area contributed by atoms with Crippen molar-refractivity contribution < 1.29 is 14.0 Å². The summed E-state index contributed by atoms with van der Waals surface area (Å²) in [5.74, 6) is 0. The molecule has 0 bridgehead atoms. The van der Waals surface area contributed by atoms with Crippen LogP contribution in [-0.2, 0) is 15.8 Å². The first-order chi connectivity index (χ1) is 10.7. The van der Waals surface area contributed by atoms with Crippen molar-refractivity contribution in [3.8, 4) is 0 Å². The SMILES string of the molecule is CC(C)(C)OC(=O)Nc1cc(Br)ccc1CO[Si](C)(C)C(C)(C)C. The standard InChI is InChI=1S/C18H30BrNO3Si/c1-17(2,3)23-16(21)20-15-11-14(19)10-9-13(15)12-22-24(7,8)18(4,5)6/h9-11H,12H2,1-8H3,(H,20,21). The molecule has 1 amide bonds. The van der Waals surface area contributed by atoms with Crippen molar-refractivity contribution in [2.75, 3.05) is 5.32 Å². The van der Waals surface area contributed by atoms with Crippen molar-refractivity contribution in [1.29, 1.82) is 0 Å². The molecular weight excluding hydrogens is 386 g/mol. The van der Waals surface area contributed by atoms with E-state index in [-0.39, 0.29) is 5.04 Å². The van der Waals surface area contributed by atoms with Crippen molar-refractivity contribution in [2.45, 2.75) is 71.9 Å². The number of ether oxygens (including phenoxy) is 1. The van der Waals surface area contributed by atoms with Crippen molar-refractivity contribution >= 4 is 36.0 Å². The number of amides is 1. The van der Waals surface area contributed by atoms with E-state index >= 15 is 0 Å². The third-order valence-corrected chi connectivity index (χ3v) is 9.07. The van der Waals surface area contributed by atoms with Crippen LogP contribution in [0.5, 0.6) is 0 Å². The molecule has 0 aliphatic heterocycles. The number of carbonyl (C=O) groups excluding carboxylic acids is 1. The highest BCUT2D eigenvalue weighted by Crippen LogP contribution is 2.37. The van der Waals surface area contributed by atoms with Crippen molar-refractivity contribution in [3.05, 3.63) is 28.2 Å². The minimum absolute atomic E-state index is 0.140. The van der Waals surface area contributed by atoms with E-state index in [1.165, 1.54) is 0 Å². The van der Waals surface area contributed by atoms with Gasteiger partial charge in [-0.15, -0.1) is 0 Å². The van der Waals surface area contributed by atoms with E-state index < -0.39 is 20.0 Å². The Balaban J connectivity index is 2.91. The van der Waals surface area contributed by atoms with Crippen molar-refractivity contribution in [3.63, 3.8) is 0 Å². The van der Waals surface area contributed by atoms with Gasteiger partial charge in [0, 0.05) is 10.0 Å². The summed E-state index contributed by atoms with van der Waals surface area (Å²) >= 11 is 3.45. The van der Waals surface area contributed by atoms with Gasteiger partial charge < -0.3 is 9.16 Å². The van der Waals surface area contributed by atoms with Crippen LogP contribution in [0.1, 0.15) is 47.1 Å². The molecule has 1 aromatic rings. The first-order valence-electron chi connectivity index (χ1n) is 8.14. The Bertz CT molecular complexity index is 589. The second-order valence-electron chi connectivity index (χ2n) is 8.48. The first kappa shape index (κ1) is 21.2. The van der Waals surface area contributed by atoms with Gasteiger partial charge in [-0.1, -0.05) is 42.8 Å². The van der Waals surface area contributed by atoms with Crippen LogP contribution in [0.3, 0.4) is 0 Å². The number of hydrogen-bond donors (Lipinski definition) is 1. The molecule has 4 nitrogen and oxygen atoms in total. The van der Waals surface area contributed by atoms with Gasteiger partial charge in [0.15, 0.2) is 8.32 Å². The third kappa shape index (κ3) is 6.57. The molecule has 0 saturated heterocycles. The van der Waals surface area contributed by atoms with Crippen molar-refractivity contribution in [1.82, 2.24) is 0 Å². The van der Waals surface area contributed by atoms with Crippen LogP contribution in [0.15, 0.2) is 22.7 Å². The van der Waals surface area contributed by atoms with Crippen LogP contribution in [0.4, 0.5) is 10.5 Å². The summed E-state index contributed by atoms with van der Waals surface area (Å²) in [6, 6.07) is 5.78. The number of nitrogens with one attached hydrogen (secondary N) is 1.